The van der Waals surface area contributed by atoms with Crippen LogP contribution in [0.5, 0.6) is 5.75 Å². The molecule has 1 fully saturated rings. The van der Waals surface area contributed by atoms with Crippen molar-refractivity contribution in [1.82, 2.24) is 10.2 Å². The van der Waals surface area contributed by atoms with E-state index in [9.17, 15) is 9.59 Å². The van der Waals surface area contributed by atoms with Crippen LogP contribution in [0, 0.1) is 5.92 Å². The number of nitrogens with one attached hydrogen (secondary N) is 1. The van der Waals surface area contributed by atoms with Gasteiger partial charge in [0.1, 0.15) is 11.3 Å². The lowest BCUT2D eigenvalue weighted by atomic mass is 9.93. The van der Waals surface area contributed by atoms with Gasteiger partial charge < -0.3 is 19.4 Å². The second-order valence-electron chi connectivity index (χ2n) is 6.46. The van der Waals surface area contributed by atoms with Crippen LogP contribution in [0.2, 0.25) is 0 Å². The smallest absolute Gasteiger partial charge is 0.336 e. The highest BCUT2D eigenvalue weighted by Gasteiger charge is 2.22. The molecule has 26 heavy (non-hydrogen) atoms. The molecule has 1 saturated heterocycles. The zero-order valence-electron chi connectivity index (χ0n) is 14.9. The number of piperidine rings is 1. The van der Waals surface area contributed by atoms with Crippen LogP contribution in [0.4, 0.5) is 0 Å². The monoisotopic (exact) mass is 380 g/mol. The third kappa shape index (κ3) is 5.22. The molecule has 2 aromatic rings. The number of ether oxygens (including phenoxy) is 1. The number of benzene rings is 1. The van der Waals surface area contributed by atoms with E-state index in [1.54, 1.807) is 18.2 Å². The van der Waals surface area contributed by atoms with Gasteiger partial charge in [0, 0.05) is 30.6 Å². The Kier molecular flexibility index (Phi) is 7.48. The molecule has 142 valence electrons. The minimum absolute atomic E-state index is 0. The van der Waals surface area contributed by atoms with Crippen molar-refractivity contribution in [2.45, 2.75) is 19.3 Å². The van der Waals surface area contributed by atoms with Crippen LogP contribution in [-0.2, 0) is 4.79 Å². The highest BCUT2D eigenvalue weighted by Crippen LogP contribution is 2.21. The van der Waals surface area contributed by atoms with Crippen molar-refractivity contribution in [3.8, 4) is 5.75 Å². The molecule has 1 aromatic heterocycles. The molecular formula is C19H25ClN2O4. The Balaban J connectivity index is 0.00000243. The molecule has 1 aliphatic rings. The molecule has 0 aliphatic carbocycles. The Hall–Kier alpha value is -2.05. The molecule has 0 radical (unpaired) electrons. The van der Waals surface area contributed by atoms with Gasteiger partial charge >= 0.3 is 5.63 Å². The van der Waals surface area contributed by atoms with Gasteiger partial charge in [0.05, 0.1) is 0 Å². The second-order valence-corrected chi connectivity index (χ2v) is 6.46. The van der Waals surface area contributed by atoms with Crippen molar-refractivity contribution in [1.29, 1.82) is 0 Å². The van der Waals surface area contributed by atoms with Crippen LogP contribution in [0.25, 0.3) is 11.0 Å². The van der Waals surface area contributed by atoms with E-state index in [4.69, 9.17) is 9.15 Å². The first-order valence-corrected chi connectivity index (χ1v) is 8.75. The van der Waals surface area contributed by atoms with Crippen LogP contribution in [0.3, 0.4) is 0 Å². The van der Waals surface area contributed by atoms with Gasteiger partial charge in [-0.05, 0) is 57.0 Å². The lowest BCUT2D eigenvalue weighted by Gasteiger charge is -2.32. The Bertz CT molecular complexity index is 784. The summed E-state index contributed by atoms with van der Waals surface area (Å²) in [7, 11) is 1.97. The normalized spacial score (nSPS) is 14.9. The van der Waals surface area contributed by atoms with Crippen LogP contribution in [-0.4, -0.2) is 44.1 Å². The first kappa shape index (κ1) is 20.3. The SMILES string of the molecule is CNCCC1CCN(C(=O)COc2ccc3ccc(=O)oc3c2)CC1.Cl. The van der Waals surface area contributed by atoms with E-state index >= 15 is 0 Å². The number of likely N-dealkylation sites (tertiary alicyclic amines) is 1. The van der Waals surface area contributed by atoms with Crippen molar-refractivity contribution in [2.24, 2.45) is 5.92 Å². The zero-order valence-corrected chi connectivity index (χ0v) is 15.7. The van der Waals surface area contributed by atoms with Gasteiger partial charge in [-0.1, -0.05) is 0 Å². The highest BCUT2D eigenvalue weighted by molar-refractivity contribution is 5.85. The maximum atomic E-state index is 12.3. The van der Waals surface area contributed by atoms with Gasteiger partial charge in [0.15, 0.2) is 6.61 Å². The van der Waals surface area contributed by atoms with E-state index in [1.807, 2.05) is 18.0 Å². The Morgan fingerprint density at radius 1 is 1.27 bits per heavy atom. The molecular weight excluding hydrogens is 356 g/mol. The van der Waals surface area contributed by atoms with E-state index < -0.39 is 5.63 Å². The Morgan fingerprint density at radius 2 is 2.00 bits per heavy atom. The molecule has 1 aliphatic heterocycles. The molecule has 0 spiro atoms. The molecule has 1 aromatic carbocycles. The van der Waals surface area contributed by atoms with Crippen LogP contribution in [0.15, 0.2) is 39.5 Å². The van der Waals surface area contributed by atoms with Crippen molar-refractivity contribution in [3.63, 3.8) is 0 Å². The third-order valence-electron chi connectivity index (χ3n) is 4.73. The number of carbonyl (C=O) groups is 1. The van der Waals surface area contributed by atoms with E-state index in [0.29, 0.717) is 17.3 Å². The van der Waals surface area contributed by atoms with Gasteiger partial charge in [-0.2, -0.15) is 0 Å². The lowest BCUT2D eigenvalue weighted by molar-refractivity contribution is -0.134. The summed E-state index contributed by atoms with van der Waals surface area (Å²) in [6.07, 6.45) is 3.26. The van der Waals surface area contributed by atoms with Gasteiger partial charge in [-0.15, -0.1) is 12.4 Å². The number of nitrogens with zero attached hydrogens (tertiary/aromatic N) is 1. The van der Waals surface area contributed by atoms with Crippen molar-refractivity contribution >= 4 is 29.3 Å². The fourth-order valence-electron chi connectivity index (χ4n) is 3.19. The lowest BCUT2D eigenvalue weighted by Crippen LogP contribution is -2.41. The molecule has 2 heterocycles. The molecule has 0 unspecified atom stereocenters. The van der Waals surface area contributed by atoms with Gasteiger partial charge in [0.2, 0.25) is 0 Å². The Labute approximate surface area is 158 Å². The molecule has 1 N–H and O–H groups in total. The summed E-state index contributed by atoms with van der Waals surface area (Å²) in [6, 6.07) is 8.32. The van der Waals surface area contributed by atoms with Gasteiger partial charge in [-0.25, -0.2) is 4.79 Å². The number of hydrogen-bond acceptors (Lipinski definition) is 5. The maximum absolute atomic E-state index is 12.3. The third-order valence-corrected chi connectivity index (χ3v) is 4.73. The molecule has 3 rings (SSSR count). The molecule has 0 atom stereocenters. The van der Waals surface area contributed by atoms with E-state index in [-0.39, 0.29) is 24.9 Å². The molecule has 0 saturated carbocycles. The average Bonchev–Trinajstić information content (AvgIpc) is 2.64. The predicted molar refractivity (Wildman–Crippen MR) is 103 cm³/mol. The summed E-state index contributed by atoms with van der Waals surface area (Å²) in [5.74, 6) is 1.22. The Morgan fingerprint density at radius 3 is 2.73 bits per heavy atom. The van der Waals surface area contributed by atoms with Crippen LogP contribution >= 0.6 is 12.4 Å². The largest absolute Gasteiger partial charge is 0.484 e. The summed E-state index contributed by atoms with van der Waals surface area (Å²) >= 11 is 0. The summed E-state index contributed by atoms with van der Waals surface area (Å²) < 4.78 is 10.7. The topological polar surface area (TPSA) is 71.8 Å². The van der Waals surface area contributed by atoms with Crippen LogP contribution < -0.4 is 15.7 Å². The molecule has 0 bridgehead atoms. The fraction of sp³-hybridized carbons (Fsp3) is 0.474. The zero-order chi connectivity index (χ0) is 17.6. The predicted octanol–water partition coefficient (Wildman–Crippen LogP) is 2.44. The number of hydrogen-bond donors (Lipinski definition) is 1. The summed E-state index contributed by atoms with van der Waals surface area (Å²) in [5, 5.41) is 4.00. The quantitative estimate of drug-likeness (QED) is 0.779. The minimum atomic E-state index is -0.401. The first-order chi connectivity index (χ1) is 12.2. The van der Waals surface area contributed by atoms with Crippen molar-refractivity contribution in [2.75, 3.05) is 33.3 Å². The second kappa shape index (κ2) is 9.59. The maximum Gasteiger partial charge on any atom is 0.336 e. The number of fused-ring (bicyclic) bond motifs is 1. The number of rotatable bonds is 6. The fourth-order valence-corrected chi connectivity index (χ4v) is 3.19. The van der Waals surface area contributed by atoms with E-state index in [1.165, 1.54) is 6.07 Å². The van der Waals surface area contributed by atoms with Crippen LogP contribution in [0.1, 0.15) is 19.3 Å². The number of amides is 1. The van der Waals surface area contributed by atoms with Crippen molar-refractivity contribution < 1.29 is 13.9 Å². The van der Waals surface area contributed by atoms with Gasteiger partial charge in [0.25, 0.3) is 5.91 Å². The van der Waals surface area contributed by atoms with Crippen molar-refractivity contribution in [3.05, 3.63) is 40.8 Å². The summed E-state index contributed by atoms with van der Waals surface area (Å²) in [5.41, 5.74) is 0.0599. The molecule has 7 heteroatoms. The molecule has 1 amide bonds. The van der Waals surface area contributed by atoms with E-state index in [2.05, 4.69) is 5.32 Å². The number of halogens is 1. The standard InChI is InChI=1S/C19H24N2O4.ClH/c1-20-9-6-14-7-10-21(11-8-14)18(22)13-24-16-4-2-15-3-5-19(23)25-17(15)12-16;/h2-5,12,14,20H,6-11,13H2,1H3;1H. The highest BCUT2D eigenvalue weighted by atomic mass is 35.5. The summed E-state index contributed by atoms with van der Waals surface area (Å²) in [6.45, 7) is 2.62. The van der Waals surface area contributed by atoms with Gasteiger partial charge in [-0.3, -0.25) is 4.79 Å². The first-order valence-electron chi connectivity index (χ1n) is 8.75. The minimum Gasteiger partial charge on any atom is -0.484 e. The van der Waals surface area contributed by atoms with E-state index in [0.717, 1.165) is 44.3 Å². The molecule has 6 nitrogen and oxygen atoms in total. The average molecular weight is 381 g/mol. The summed E-state index contributed by atoms with van der Waals surface area (Å²) in [4.78, 5) is 25.5. The number of carbonyl (C=O) groups excluding carboxylic acids is 1.